The minimum atomic E-state index is -0.344. The van der Waals surface area contributed by atoms with Crippen LogP contribution in [0.5, 0.6) is 0 Å². The Morgan fingerprint density at radius 2 is 2.12 bits per heavy atom. The zero-order valence-corrected chi connectivity index (χ0v) is 10.6. The van der Waals surface area contributed by atoms with Crippen LogP contribution in [0.15, 0.2) is 29.0 Å². The third-order valence-electron chi connectivity index (χ3n) is 2.19. The molecule has 0 spiro atoms. The molecule has 2 rings (SSSR count). The summed E-state index contributed by atoms with van der Waals surface area (Å²) in [7, 11) is 0. The van der Waals surface area contributed by atoms with Gasteiger partial charge in [-0.1, -0.05) is 0 Å². The molecule has 0 aliphatic heterocycles. The van der Waals surface area contributed by atoms with Gasteiger partial charge in [-0.15, -0.1) is 0 Å². The zero-order valence-electron chi connectivity index (χ0n) is 8.98. The largest absolute Gasteiger partial charge is 0.268 e. The molecule has 5 heteroatoms. The lowest BCUT2D eigenvalue weighted by molar-refractivity contribution is 0.533. The quantitative estimate of drug-likeness (QED) is 0.846. The normalized spacial score (nSPS) is 11.1. The van der Waals surface area contributed by atoms with E-state index in [1.807, 2.05) is 24.7 Å². The molecule has 2 heterocycles. The van der Waals surface area contributed by atoms with E-state index in [9.17, 15) is 4.39 Å². The molecule has 0 radical (unpaired) electrons. The van der Waals surface area contributed by atoms with E-state index < -0.39 is 0 Å². The van der Waals surface area contributed by atoms with Crippen LogP contribution in [0.1, 0.15) is 19.9 Å². The van der Waals surface area contributed by atoms with Crippen molar-refractivity contribution in [1.82, 2.24) is 14.8 Å². The van der Waals surface area contributed by atoms with Crippen molar-refractivity contribution in [2.45, 2.75) is 19.9 Å². The lowest BCUT2D eigenvalue weighted by Crippen LogP contribution is -2.00. The standard InChI is InChI=1S/C11H11BrFN3/c1-7(2)16-6-9(12)11(15-16)10-4-3-8(13)5-14-10/h3-7H,1-2H3. The van der Waals surface area contributed by atoms with Gasteiger partial charge in [-0.25, -0.2) is 4.39 Å². The fourth-order valence-electron chi connectivity index (χ4n) is 1.32. The van der Waals surface area contributed by atoms with Gasteiger partial charge in [0.15, 0.2) is 0 Å². The van der Waals surface area contributed by atoms with Crippen molar-refractivity contribution in [2.24, 2.45) is 0 Å². The monoisotopic (exact) mass is 283 g/mol. The third-order valence-corrected chi connectivity index (χ3v) is 2.77. The van der Waals surface area contributed by atoms with E-state index in [1.54, 1.807) is 6.07 Å². The first-order valence-electron chi connectivity index (χ1n) is 4.94. The van der Waals surface area contributed by atoms with Gasteiger partial charge in [0, 0.05) is 12.2 Å². The molecule has 84 valence electrons. The smallest absolute Gasteiger partial charge is 0.141 e. The van der Waals surface area contributed by atoms with E-state index >= 15 is 0 Å². The molecular weight excluding hydrogens is 273 g/mol. The van der Waals surface area contributed by atoms with Gasteiger partial charge in [0.1, 0.15) is 11.5 Å². The van der Waals surface area contributed by atoms with Crippen LogP contribution in [0, 0.1) is 5.82 Å². The molecule has 0 saturated carbocycles. The Balaban J connectivity index is 2.44. The Hall–Kier alpha value is -1.23. The summed E-state index contributed by atoms with van der Waals surface area (Å²) < 4.78 is 15.4. The summed E-state index contributed by atoms with van der Waals surface area (Å²) in [4.78, 5) is 4.00. The van der Waals surface area contributed by atoms with E-state index in [0.717, 1.165) is 10.2 Å². The van der Waals surface area contributed by atoms with Crippen LogP contribution in [-0.4, -0.2) is 14.8 Å². The molecule has 16 heavy (non-hydrogen) atoms. The summed E-state index contributed by atoms with van der Waals surface area (Å²) in [6.07, 6.45) is 3.08. The second kappa shape index (κ2) is 4.33. The number of pyridine rings is 1. The topological polar surface area (TPSA) is 30.7 Å². The first kappa shape index (κ1) is 11.3. The Morgan fingerprint density at radius 3 is 2.62 bits per heavy atom. The Kier molecular flexibility index (Phi) is 3.05. The molecule has 0 atom stereocenters. The van der Waals surface area contributed by atoms with Gasteiger partial charge >= 0.3 is 0 Å². The molecule has 0 bridgehead atoms. The predicted octanol–water partition coefficient (Wildman–Crippen LogP) is 3.43. The van der Waals surface area contributed by atoms with Crippen LogP contribution < -0.4 is 0 Å². The fraction of sp³-hybridized carbons (Fsp3) is 0.273. The van der Waals surface area contributed by atoms with Crippen LogP contribution in [0.3, 0.4) is 0 Å². The Labute approximate surface area is 101 Å². The molecule has 0 N–H and O–H groups in total. The SMILES string of the molecule is CC(C)n1cc(Br)c(-c2ccc(F)cn2)n1. The van der Waals surface area contributed by atoms with E-state index in [-0.39, 0.29) is 11.9 Å². The highest BCUT2D eigenvalue weighted by molar-refractivity contribution is 9.10. The van der Waals surface area contributed by atoms with Crippen molar-refractivity contribution in [2.75, 3.05) is 0 Å². The molecule has 2 aromatic heterocycles. The average molecular weight is 284 g/mol. The highest BCUT2D eigenvalue weighted by Gasteiger charge is 2.11. The number of hydrogen-bond donors (Lipinski definition) is 0. The summed E-state index contributed by atoms with van der Waals surface area (Å²) in [6.45, 7) is 4.09. The maximum Gasteiger partial charge on any atom is 0.141 e. The predicted molar refractivity (Wildman–Crippen MR) is 63.5 cm³/mol. The van der Waals surface area contributed by atoms with Gasteiger partial charge in [-0.3, -0.25) is 9.67 Å². The highest BCUT2D eigenvalue weighted by Crippen LogP contribution is 2.26. The van der Waals surface area contributed by atoms with Crippen LogP contribution in [0.2, 0.25) is 0 Å². The average Bonchev–Trinajstić information content (AvgIpc) is 2.62. The molecule has 0 unspecified atom stereocenters. The first-order chi connectivity index (χ1) is 7.58. The lowest BCUT2D eigenvalue weighted by Gasteiger charge is -2.03. The summed E-state index contributed by atoms with van der Waals surface area (Å²) >= 11 is 3.42. The molecule has 0 aliphatic carbocycles. The zero-order chi connectivity index (χ0) is 11.7. The number of aromatic nitrogens is 3. The maximum atomic E-state index is 12.7. The van der Waals surface area contributed by atoms with E-state index in [0.29, 0.717) is 5.69 Å². The Morgan fingerprint density at radius 1 is 1.38 bits per heavy atom. The fourth-order valence-corrected chi connectivity index (χ4v) is 1.82. The van der Waals surface area contributed by atoms with E-state index in [2.05, 4.69) is 26.0 Å². The van der Waals surface area contributed by atoms with Crippen molar-refractivity contribution < 1.29 is 4.39 Å². The number of halogens is 2. The van der Waals surface area contributed by atoms with Crippen LogP contribution in [0.25, 0.3) is 11.4 Å². The van der Waals surface area contributed by atoms with Gasteiger partial charge in [-0.2, -0.15) is 5.10 Å². The Bertz CT molecular complexity index is 490. The van der Waals surface area contributed by atoms with Crippen LogP contribution in [0.4, 0.5) is 4.39 Å². The molecule has 0 fully saturated rings. The van der Waals surface area contributed by atoms with Crippen molar-refractivity contribution in [1.29, 1.82) is 0 Å². The molecule has 0 amide bonds. The van der Waals surface area contributed by atoms with Crippen molar-refractivity contribution in [3.63, 3.8) is 0 Å². The van der Waals surface area contributed by atoms with Crippen molar-refractivity contribution >= 4 is 15.9 Å². The second-order valence-corrected chi connectivity index (χ2v) is 4.62. The highest BCUT2D eigenvalue weighted by atomic mass is 79.9. The minimum Gasteiger partial charge on any atom is -0.268 e. The number of nitrogens with zero attached hydrogens (tertiary/aromatic N) is 3. The first-order valence-corrected chi connectivity index (χ1v) is 5.74. The third kappa shape index (κ3) is 2.14. The molecule has 0 saturated heterocycles. The van der Waals surface area contributed by atoms with Crippen molar-refractivity contribution in [3.05, 3.63) is 34.8 Å². The van der Waals surface area contributed by atoms with E-state index in [4.69, 9.17) is 0 Å². The van der Waals surface area contributed by atoms with Gasteiger partial charge in [-0.05, 0) is 41.9 Å². The van der Waals surface area contributed by atoms with Crippen LogP contribution in [-0.2, 0) is 0 Å². The number of hydrogen-bond acceptors (Lipinski definition) is 2. The van der Waals surface area contributed by atoms with Gasteiger partial charge in [0.2, 0.25) is 0 Å². The molecule has 2 aromatic rings. The molecular formula is C11H11BrFN3. The van der Waals surface area contributed by atoms with E-state index in [1.165, 1.54) is 12.3 Å². The van der Waals surface area contributed by atoms with Crippen LogP contribution >= 0.6 is 15.9 Å². The molecule has 0 aromatic carbocycles. The maximum absolute atomic E-state index is 12.7. The summed E-state index contributed by atoms with van der Waals surface area (Å²) in [5.74, 6) is -0.344. The minimum absolute atomic E-state index is 0.283. The van der Waals surface area contributed by atoms with Gasteiger partial charge in [0.25, 0.3) is 0 Å². The lowest BCUT2D eigenvalue weighted by atomic mass is 10.3. The molecule has 3 nitrogen and oxygen atoms in total. The summed E-state index contributed by atoms with van der Waals surface area (Å²) in [5.41, 5.74) is 1.39. The number of rotatable bonds is 2. The van der Waals surface area contributed by atoms with Gasteiger partial charge in [0.05, 0.1) is 16.4 Å². The van der Waals surface area contributed by atoms with Crippen molar-refractivity contribution in [3.8, 4) is 11.4 Å². The van der Waals surface area contributed by atoms with Gasteiger partial charge < -0.3 is 0 Å². The summed E-state index contributed by atoms with van der Waals surface area (Å²) in [6, 6.07) is 3.28. The summed E-state index contributed by atoms with van der Waals surface area (Å²) in [5, 5.41) is 4.39. The second-order valence-electron chi connectivity index (χ2n) is 3.76. The molecule has 0 aliphatic rings.